The van der Waals surface area contributed by atoms with Crippen molar-refractivity contribution in [3.05, 3.63) is 34.3 Å². The van der Waals surface area contributed by atoms with Crippen LogP contribution in [0.15, 0.2) is 33.8 Å². The van der Waals surface area contributed by atoms with Crippen LogP contribution in [0.2, 0.25) is 0 Å². The molecule has 1 fully saturated rings. The highest BCUT2D eigenvalue weighted by molar-refractivity contribution is 9.10. The van der Waals surface area contributed by atoms with Crippen LogP contribution in [0.3, 0.4) is 0 Å². The Balaban J connectivity index is 2.07. The Morgan fingerprint density at radius 1 is 1.35 bits per heavy atom. The van der Waals surface area contributed by atoms with Crippen LogP contribution in [0.4, 0.5) is 13.2 Å². The highest BCUT2D eigenvalue weighted by Crippen LogP contribution is 2.48. The number of alkyl halides is 3. The molecule has 1 aliphatic carbocycles. The van der Waals surface area contributed by atoms with E-state index in [-0.39, 0.29) is 22.7 Å². The molecule has 1 amide bonds. The molecule has 1 aliphatic heterocycles. The highest BCUT2D eigenvalue weighted by Gasteiger charge is 2.68. The first-order valence-corrected chi connectivity index (χ1v) is 8.01. The SMILES string of the molecule is O=C(c1ccccc1Br)N1N=C2CCCC[C@H]2[C@@]1(O)C(F)(F)F. The van der Waals surface area contributed by atoms with Crippen molar-refractivity contribution in [1.82, 2.24) is 5.01 Å². The second kappa shape index (κ2) is 5.59. The van der Waals surface area contributed by atoms with E-state index in [1.165, 1.54) is 6.07 Å². The van der Waals surface area contributed by atoms with E-state index in [1.54, 1.807) is 18.2 Å². The van der Waals surface area contributed by atoms with Crippen LogP contribution in [-0.2, 0) is 0 Å². The third-order valence-corrected chi connectivity index (χ3v) is 5.02. The summed E-state index contributed by atoms with van der Waals surface area (Å²) in [7, 11) is 0. The third-order valence-electron chi connectivity index (χ3n) is 4.33. The van der Waals surface area contributed by atoms with Crippen molar-refractivity contribution in [2.45, 2.75) is 37.6 Å². The van der Waals surface area contributed by atoms with E-state index in [9.17, 15) is 23.1 Å². The van der Waals surface area contributed by atoms with Gasteiger partial charge in [-0.15, -0.1) is 0 Å². The van der Waals surface area contributed by atoms with Crippen LogP contribution < -0.4 is 0 Å². The van der Waals surface area contributed by atoms with Gasteiger partial charge >= 0.3 is 6.18 Å². The quantitative estimate of drug-likeness (QED) is 0.794. The molecule has 0 radical (unpaired) electrons. The van der Waals surface area contributed by atoms with E-state index in [4.69, 9.17) is 0 Å². The van der Waals surface area contributed by atoms with Gasteiger partial charge in [-0.25, -0.2) is 0 Å². The third kappa shape index (κ3) is 2.48. The summed E-state index contributed by atoms with van der Waals surface area (Å²) in [5.74, 6) is -2.16. The van der Waals surface area contributed by atoms with Crippen molar-refractivity contribution in [3.63, 3.8) is 0 Å². The van der Waals surface area contributed by atoms with Crippen molar-refractivity contribution in [3.8, 4) is 0 Å². The normalized spacial score (nSPS) is 27.6. The molecule has 1 heterocycles. The molecule has 1 N–H and O–H groups in total. The molecule has 1 saturated carbocycles. The molecule has 0 bridgehead atoms. The van der Waals surface area contributed by atoms with Gasteiger partial charge in [-0.2, -0.15) is 23.3 Å². The van der Waals surface area contributed by atoms with Crippen molar-refractivity contribution in [1.29, 1.82) is 0 Å². The topological polar surface area (TPSA) is 52.9 Å². The Kier molecular flexibility index (Phi) is 4.00. The molecule has 0 aromatic heterocycles. The number of rotatable bonds is 1. The molecule has 0 saturated heterocycles. The van der Waals surface area contributed by atoms with E-state index in [2.05, 4.69) is 21.0 Å². The van der Waals surface area contributed by atoms with Gasteiger partial charge in [0.05, 0.1) is 11.5 Å². The van der Waals surface area contributed by atoms with E-state index >= 15 is 0 Å². The van der Waals surface area contributed by atoms with E-state index in [0.717, 1.165) is 0 Å². The summed E-state index contributed by atoms with van der Waals surface area (Å²) in [6.07, 6.45) is -3.19. The summed E-state index contributed by atoms with van der Waals surface area (Å²) in [6, 6.07) is 6.13. The van der Waals surface area contributed by atoms with Crippen LogP contribution >= 0.6 is 15.9 Å². The fourth-order valence-electron chi connectivity index (χ4n) is 3.17. The van der Waals surface area contributed by atoms with Gasteiger partial charge in [0.15, 0.2) is 0 Å². The monoisotopic (exact) mass is 390 g/mol. The number of benzene rings is 1. The molecule has 8 heteroatoms. The molecule has 1 aromatic carbocycles. The minimum atomic E-state index is -4.99. The smallest absolute Gasteiger partial charge is 0.362 e. The summed E-state index contributed by atoms with van der Waals surface area (Å²) in [4.78, 5) is 12.6. The lowest BCUT2D eigenvalue weighted by molar-refractivity contribution is -0.312. The molecular formula is C15H14BrF3N2O2. The molecule has 4 nitrogen and oxygen atoms in total. The first kappa shape index (κ1) is 16.4. The Hall–Kier alpha value is -1.41. The van der Waals surface area contributed by atoms with Crippen LogP contribution in [0.1, 0.15) is 36.0 Å². The van der Waals surface area contributed by atoms with E-state index in [0.29, 0.717) is 23.7 Å². The van der Waals surface area contributed by atoms with Gasteiger partial charge in [0.1, 0.15) is 0 Å². The summed E-state index contributed by atoms with van der Waals surface area (Å²) in [5, 5.41) is 14.5. The number of nitrogens with zero attached hydrogens (tertiary/aromatic N) is 2. The summed E-state index contributed by atoms with van der Waals surface area (Å²) >= 11 is 3.15. The number of aliphatic hydroxyl groups is 1. The van der Waals surface area contributed by atoms with Gasteiger partial charge < -0.3 is 5.11 Å². The number of carbonyl (C=O) groups is 1. The molecule has 0 spiro atoms. The second-order valence-corrected chi connectivity index (χ2v) is 6.56. The number of fused-ring (bicyclic) bond motifs is 1. The first-order chi connectivity index (χ1) is 10.8. The summed E-state index contributed by atoms with van der Waals surface area (Å²) in [6.45, 7) is 0. The Bertz CT molecular complexity index is 677. The second-order valence-electron chi connectivity index (χ2n) is 5.71. The van der Waals surface area contributed by atoms with Crippen LogP contribution in [-0.4, -0.2) is 33.6 Å². The predicted molar refractivity (Wildman–Crippen MR) is 80.7 cm³/mol. The van der Waals surface area contributed by atoms with Crippen molar-refractivity contribution in [2.24, 2.45) is 11.0 Å². The Morgan fingerprint density at radius 2 is 2.04 bits per heavy atom. The number of hydrogen-bond acceptors (Lipinski definition) is 3. The Morgan fingerprint density at radius 3 is 2.70 bits per heavy atom. The van der Waals surface area contributed by atoms with Crippen LogP contribution in [0, 0.1) is 5.92 Å². The predicted octanol–water partition coefficient (Wildman–Crippen LogP) is 3.70. The largest absolute Gasteiger partial charge is 0.439 e. The molecule has 0 unspecified atom stereocenters. The fraction of sp³-hybridized carbons (Fsp3) is 0.467. The molecule has 2 aliphatic rings. The zero-order valence-corrected chi connectivity index (χ0v) is 13.6. The number of amides is 1. The zero-order valence-electron chi connectivity index (χ0n) is 12.0. The molecule has 1 aromatic rings. The summed E-state index contributed by atoms with van der Waals surface area (Å²) in [5.41, 5.74) is -3.01. The molecule has 23 heavy (non-hydrogen) atoms. The lowest BCUT2D eigenvalue weighted by atomic mass is 9.80. The van der Waals surface area contributed by atoms with Gasteiger partial charge in [-0.1, -0.05) is 18.6 Å². The maximum atomic E-state index is 13.6. The maximum Gasteiger partial charge on any atom is 0.439 e. The molecular weight excluding hydrogens is 377 g/mol. The average Bonchev–Trinajstić information content (AvgIpc) is 2.82. The maximum absolute atomic E-state index is 13.6. The van der Waals surface area contributed by atoms with Gasteiger partial charge in [-0.3, -0.25) is 4.79 Å². The van der Waals surface area contributed by atoms with Crippen molar-refractivity contribution >= 4 is 27.5 Å². The van der Waals surface area contributed by atoms with Crippen LogP contribution in [0.5, 0.6) is 0 Å². The summed E-state index contributed by atoms with van der Waals surface area (Å²) < 4.78 is 41.2. The minimum absolute atomic E-state index is 0.0261. The van der Waals surface area contributed by atoms with Crippen LogP contribution in [0.25, 0.3) is 0 Å². The standard InChI is InChI=1S/C15H14BrF3N2O2/c16-11-7-3-1-5-9(11)13(22)21-14(23,15(17,18)19)10-6-2-4-8-12(10)20-21/h1,3,5,7,10,23H,2,4,6,8H2/t10-,14-/m1/s1. The lowest BCUT2D eigenvalue weighted by Crippen LogP contribution is -2.61. The lowest BCUT2D eigenvalue weighted by Gasteiger charge is -2.38. The molecule has 2 atom stereocenters. The fourth-order valence-corrected chi connectivity index (χ4v) is 3.62. The van der Waals surface area contributed by atoms with Gasteiger partial charge in [0, 0.05) is 10.2 Å². The number of hydrogen-bond donors (Lipinski definition) is 1. The van der Waals surface area contributed by atoms with Gasteiger partial charge in [0.2, 0.25) is 0 Å². The Labute approximate surface area is 139 Å². The first-order valence-electron chi connectivity index (χ1n) is 7.22. The van der Waals surface area contributed by atoms with E-state index < -0.39 is 23.7 Å². The number of hydrazone groups is 1. The average molecular weight is 391 g/mol. The molecule has 124 valence electrons. The van der Waals surface area contributed by atoms with Crippen molar-refractivity contribution in [2.75, 3.05) is 0 Å². The minimum Gasteiger partial charge on any atom is -0.362 e. The van der Waals surface area contributed by atoms with Crippen molar-refractivity contribution < 1.29 is 23.1 Å². The zero-order chi connectivity index (χ0) is 16.8. The van der Waals surface area contributed by atoms with Gasteiger partial charge in [0.25, 0.3) is 11.6 Å². The van der Waals surface area contributed by atoms with Gasteiger partial charge in [-0.05, 0) is 47.3 Å². The van der Waals surface area contributed by atoms with E-state index in [1.807, 2.05) is 0 Å². The molecule has 3 rings (SSSR count). The number of halogens is 4. The number of carbonyl (C=O) groups excluding carboxylic acids is 1. The highest BCUT2D eigenvalue weighted by atomic mass is 79.9.